The van der Waals surface area contributed by atoms with E-state index in [0.717, 1.165) is 94.6 Å². The summed E-state index contributed by atoms with van der Waals surface area (Å²) in [4.78, 5) is 57.2. The van der Waals surface area contributed by atoms with Crippen LogP contribution < -0.4 is 24.3 Å². The van der Waals surface area contributed by atoms with Gasteiger partial charge < -0.3 is 73.0 Å². The van der Waals surface area contributed by atoms with E-state index in [1.165, 1.54) is 85.4 Å². The lowest BCUT2D eigenvalue weighted by molar-refractivity contribution is -0.0595. The van der Waals surface area contributed by atoms with Crippen LogP contribution in [0, 0.1) is 76.9 Å². The summed E-state index contributed by atoms with van der Waals surface area (Å²) in [5.41, 5.74) is -1.49. The van der Waals surface area contributed by atoms with Gasteiger partial charge in [0.25, 0.3) is 0 Å². The van der Waals surface area contributed by atoms with E-state index >= 15 is 0 Å². The van der Waals surface area contributed by atoms with E-state index in [2.05, 4.69) is 52.7 Å². The Balaban J connectivity index is 0.000000170. The molecule has 20 nitrogen and oxygen atoms in total. The Kier molecular flexibility index (Phi) is 39.6. The van der Waals surface area contributed by atoms with Crippen molar-refractivity contribution in [1.29, 1.82) is 0 Å². The quantitative estimate of drug-likeness (QED) is 0.0572. The van der Waals surface area contributed by atoms with Crippen molar-refractivity contribution in [3.05, 3.63) is 239 Å². The van der Waals surface area contributed by atoms with Gasteiger partial charge in [0.15, 0.2) is 34.7 Å². The number of aryl methyl sites for hydroxylation is 1. The van der Waals surface area contributed by atoms with Crippen LogP contribution >= 0.6 is 12.4 Å². The Hall–Kier alpha value is -9.99. The summed E-state index contributed by atoms with van der Waals surface area (Å²) in [6.07, 6.45) is 21.0. The fourth-order valence-electron chi connectivity index (χ4n) is 19.0. The number of para-hydroxylation sites is 4. The number of carbonyl (C=O) groups is 4. The molecular weight excluding hydrogens is 1780 g/mol. The van der Waals surface area contributed by atoms with E-state index in [1.807, 2.05) is 130 Å². The first kappa shape index (κ1) is 109. The van der Waals surface area contributed by atoms with Crippen LogP contribution in [-0.2, 0) is 25.5 Å². The van der Waals surface area contributed by atoms with Crippen LogP contribution in [-0.4, -0.2) is 203 Å². The SMILES string of the molecule is CC(C)(C)OC(=O)N1CCC(F)(COc2ccccc2F)CC1.CC(C)(C)OC(=O)N1CCC(O)(COc2ccccc2F)CC1.CC(C)(C)OC(=O)N1CCC2(CC1)CC(Oc1ccccc1F)C2.Cc1ccccc1OCC1(O)CCN(C(=O)OC(C)(C)C)CC1.Cl.Fc1ccccc1/C=C/C1C2CCCC1CN(Cc1ccccc1)C2.Fc1ccccc1/C=C/C1C2CCCC1CNC2. The number of hydrogen-bond donors (Lipinski definition) is 3. The van der Waals surface area contributed by atoms with E-state index in [0.29, 0.717) is 92.4 Å². The number of carbonyl (C=O) groups excluding carboxylic acids is 4. The minimum atomic E-state index is -1.57. The van der Waals surface area contributed by atoms with Crippen molar-refractivity contribution in [1.82, 2.24) is 29.8 Å². The lowest BCUT2D eigenvalue weighted by atomic mass is 9.61. The van der Waals surface area contributed by atoms with Crippen molar-refractivity contribution >= 4 is 48.9 Å². The largest absolute Gasteiger partial charge is 0.490 e. The van der Waals surface area contributed by atoms with Gasteiger partial charge in [-0.3, -0.25) is 4.90 Å². The molecule has 750 valence electrons. The highest BCUT2D eigenvalue weighted by Crippen LogP contribution is 2.51. The van der Waals surface area contributed by atoms with Gasteiger partial charge in [-0.2, -0.15) is 0 Å². The molecule has 3 saturated carbocycles. The monoisotopic (exact) mass is 1930 g/mol. The first-order valence-corrected chi connectivity index (χ1v) is 48.7. The molecule has 4 atom stereocenters. The van der Waals surface area contributed by atoms with Crippen LogP contribution in [0.4, 0.5) is 45.5 Å². The van der Waals surface area contributed by atoms with E-state index in [1.54, 1.807) is 96.1 Å². The number of nitrogens with zero attached hydrogens (tertiary/aromatic N) is 5. The second-order valence-electron chi connectivity index (χ2n) is 42.2. The maximum atomic E-state index is 14.7. The number of halogens is 7. The van der Waals surface area contributed by atoms with Gasteiger partial charge in [-0.1, -0.05) is 158 Å². The standard InChI is InChI=1S/C23H26FN.C19H26FNO3.C18H27NO4.C17H23F2NO3.C17H24FNO4.C16H20FN.ClH/c24-23-12-5-4-9-19(23)13-14-22-20-10-6-11-21(22)17-25(16-20)15-18-7-2-1-3-8-18;1-18(2,3)24-17(22)21-10-8-19(9-11-21)12-14(13-19)23-16-7-5-4-6-15(16)20;1-14-7-5-6-8-15(14)22-13-18(21)9-11-19(12-10-18)16(20)23-17(2,3)4;1-16(2,3)23-15(21)20-10-8-17(19,9-11-20)12-22-14-7-5-4-6-13(14)18;1-16(2,3)23-15(20)19-10-8-17(21,9-11-19)12-22-14-7-5-4-6-13(14)18;17-16-7-2-1-4-12(16)8-9-15-13-5-3-6-14(15)11-18-10-13;/h1-5,7-9,12-14,20-22H,6,10-11,15-17H2;4-7,14H,8-13H2,1-3H3;5-8,21H,9-13H2,1-4H3;4-7H,8-12H2,1-3H3;4-7,21H,8-12H2,1-3H3;1-2,4,7-9,13-15,18H,3,5-6,10-11H2;1H/b14-13+;;;;;9-8+;. The molecule has 9 aliphatic rings. The first-order chi connectivity index (χ1) is 64.5. The Morgan fingerprint density at radius 2 is 0.723 bits per heavy atom. The highest BCUT2D eigenvalue weighted by molar-refractivity contribution is 5.85. The lowest BCUT2D eigenvalue weighted by Gasteiger charge is -2.51. The summed E-state index contributed by atoms with van der Waals surface area (Å²) >= 11 is 0. The molecule has 1 spiro atoms. The molecule has 9 fully saturated rings. The third-order valence-corrected chi connectivity index (χ3v) is 26.5. The average Bonchev–Trinajstić information content (AvgIpc) is 0.769. The normalized spacial score (nSPS) is 21.6. The van der Waals surface area contributed by atoms with Crippen molar-refractivity contribution < 1.29 is 93.6 Å². The Morgan fingerprint density at radius 3 is 1.11 bits per heavy atom. The van der Waals surface area contributed by atoms with Crippen LogP contribution in [0.15, 0.2) is 188 Å². The van der Waals surface area contributed by atoms with E-state index < -0.39 is 57.0 Å². The third kappa shape index (κ3) is 34.8. The molecule has 6 aliphatic heterocycles. The van der Waals surface area contributed by atoms with Gasteiger partial charge in [0.1, 0.15) is 76.5 Å². The number of nitrogens with one attached hydrogen (secondary N) is 1. The summed E-state index contributed by atoms with van der Waals surface area (Å²) in [5.74, 6) is 3.93. The van der Waals surface area contributed by atoms with Crippen molar-refractivity contribution in [3.8, 4) is 23.0 Å². The molecule has 6 saturated heterocycles. The molecule has 6 heterocycles. The second-order valence-corrected chi connectivity index (χ2v) is 42.2. The number of rotatable bonds is 17. The molecule has 7 aromatic rings. The number of amides is 4. The molecular formula is C110H147ClF6N6O14. The topological polar surface area (TPSA) is 211 Å². The van der Waals surface area contributed by atoms with Gasteiger partial charge in [-0.15, -0.1) is 12.4 Å². The van der Waals surface area contributed by atoms with Gasteiger partial charge in [0, 0.05) is 96.0 Å². The van der Waals surface area contributed by atoms with Crippen LogP contribution in [0.5, 0.6) is 23.0 Å². The molecule has 3 aliphatic carbocycles. The van der Waals surface area contributed by atoms with E-state index in [-0.39, 0.29) is 117 Å². The van der Waals surface area contributed by atoms with Gasteiger partial charge in [0.2, 0.25) is 0 Å². The van der Waals surface area contributed by atoms with Gasteiger partial charge in [-0.05, 0) is 287 Å². The van der Waals surface area contributed by atoms with Crippen LogP contribution in [0.25, 0.3) is 12.2 Å². The number of hydrogen-bond acceptors (Lipinski definition) is 16. The molecule has 137 heavy (non-hydrogen) atoms. The van der Waals surface area contributed by atoms with Gasteiger partial charge in [0.05, 0.1) is 6.10 Å². The van der Waals surface area contributed by atoms with Crippen LogP contribution in [0.3, 0.4) is 0 Å². The Bertz CT molecular complexity index is 4730. The zero-order chi connectivity index (χ0) is 98.1. The Morgan fingerprint density at radius 1 is 0.401 bits per heavy atom. The van der Waals surface area contributed by atoms with Crippen molar-refractivity contribution in [2.75, 3.05) is 98.4 Å². The van der Waals surface area contributed by atoms with Gasteiger partial charge in [-0.25, -0.2) is 45.5 Å². The molecule has 3 N–H and O–H groups in total. The maximum absolute atomic E-state index is 14.7. The molecule has 0 aromatic heterocycles. The molecule has 4 bridgehead atoms. The third-order valence-electron chi connectivity index (χ3n) is 26.5. The zero-order valence-corrected chi connectivity index (χ0v) is 83.2. The summed E-state index contributed by atoms with van der Waals surface area (Å²) in [6, 6.07) is 51.2. The van der Waals surface area contributed by atoms with Crippen LogP contribution in [0.2, 0.25) is 0 Å². The average molecular weight is 1930 g/mol. The fraction of sp³-hybridized carbons (Fsp3) is 0.545. The number of aliphatic hydroxyl groups is 2. The summed E-state index contributed by atoms with van der Waals surface area (Å²) in [5, 5.41) is 24.7. The molecule has 16 rings (SSSR count). The van der Waals surface area contributed by atoms with E-state index in [9.17, 15) is 55.7 Å². The number of likely N-dealkylation sites (tertiary alicyclic amines) is 5. The van der Waals surface area contributed by atoms with Crippen molar-refractivity contribution in [2.45, 2.75) is 245 Å². The number of ether oxygens (including phenoxy) is 8. The van der Waals surface area contributed by atoms with Crippen molar-refractivity contribution in [3.63, 3.8) is 0 Å². The minimum absolute atomic E-state index is 0. The highest BCUT2D eigenvalue weighted by Gasteiger charge is 2.49. The maximum Gasteiger partial charge on any atom is 0.410 e. The second kappa shape index (κ2) is 49.7. The van der Waals surface area contributed by atoms with Crippen molar-refractivity contribution in [2.24, 2.45) is 40.9 Å². The molecule has 4 unspecified atom stereocenters. The summed E-state index contributed by atoms with van der Waals surface area (Å²) in [7, 11) is 0. The molecule has 0 radical (unpaired) electrons. The van der Waals surface area contributed by atoms with Gasteiger partial charge >= 0.3 is 24.4 Å². The molecule has 27 heteroatoms. The predicted molar refractivity (Wildman–Crippen MR) is 526 cm³/mol. The Labute approximate surface area is 814 Å². The lowest BCUT2D eigenvalue weighted by Crippen LogP contribution is -2.52. The van der Waals surface area contributed by atoms with E-state index in [4.69, 9.17) is 37.9 Å². The molecule has 7 aromatic carbocycles. The fourth-order valence-corrected chi connectivity index (χ4v) is 19.0. The predicted octanol–water partition coefficient (Wildman–Crippen LogP) is 23.7. The highest BCUT2D eigenvalue weighted by atomic mass is 35.5. The summed E-state index contributed by atoms with van der Waals surface area (Å²) < 4.78 is 126. The molecule has 4 amide bonds. The smallest absolute Gasteiger partial charge is 0.410 e. The zero-order valence-electron chi connectivity index (χ0n) is 82.4. The number of piperidine rings is 6. The van der Waals surface area contributed by atoms with Crippen LogP contribution in [0.1, 0.15) is 208 Å². The number of alkyl halides is 1. The number of fused-ring (bicyclic) bond motifs is 4. The number of benzene rings is 7. The minimum Gasteiger partial charge on any atom is -0.490 e. The number of allylic oxidation sites excluding steroid dienone is 2. The summed E-state index contributed by atoms with van der Waals surface area (Å²) in [6.45, 7) is 33.3. The first-order valence-electron chi connectivity index (χ1n) is 48.7.